The highest BCUT2D eigenvalue weighted by atomic mass is 32.1. The zero-order valence-corrected chi connectivity index (χ0v) is 16.8. The highest BCUT2D eigenvalue weighted by Gasteiger charge is 2.43. The molecule has 0 amide bonds. The lowest BCUT2D eigenvalue weighted by atomic mass is 9.92. The number of hydrogen-bond donors (Lipinski definition) is 3. The summed E-state index contributed by atoms with van der Waals surface area (Å²) in [6.07, 6.45) is 5.02. The summed E-state index contributed by atoms with van der Waals surface area (Å²) in [6.45, 7) is 7.24. The van der Waals surface area contributed by atoms with Gasteiger partial charge in [-0.1, -0.05) is 13.8 Å². The maximum absolute atomic E-state index is 13.6. The molecule has 0 radical (unpaired) electrons. The molecule has 2 aromatic rings. The number of anilines is 2. The fraction of sp³-hybridized carbons (Fsp3) is 0.625. The molecular formula is C16H26N5O2PS. The van der Waals surface area contributed by atoms with E-state index in [0.29, 0.717) is 25.3 Å². The highest BCUT2D eigenvalue weighted by Crippen LogP contribution is 2.64. The van der Waals surface area contributed by atoms with Crippen LogP contribution >= 0.6 is 18.7 Å². The summed E-state index contributed by atoms with van der Waals surface area (Å²) in [7, 11) is -0.978. The Balaban J connectivity index is 1.82. The van der Waals surface area contributed by atoms with Crippen molar-refractivity contribution in [2.45, 2.75) is 32.9 Å². The number of aromatic nitrogens is 3. The summed E-state index contributed by atoms with van der Waals surface area (Å²) >= 11 is 1.53. The van der Waals surface area contributed by atoms with Gasteiger partial charge in [-0.3, -0.25) is 4.57 Å². The Labute approximate surface area is 152 Å². The second-order valence-electron chi connectivity index (χ2n) is 7.26. The van der Waals surface area contributed by atoms with Crippen molar-refractivity contribution in [1.82, 2.24) is 15.0 Å². The normalized spacial score (nSPS) is 24.0. The van der Waals surface area contributed by atoms with Crippen molar-refractivity contribution in [1.29, 1.82) is 0 Å². The number of imidazole rings is 1. The molecule has 0 saturated carbocycles. The third-order valence-electron chi connectivity index (χ3n) is 4.47. The van der Waals surface area contributed by atoms with Crippen LogP contribution in [0.5, 0.6) is 0 Å². The third kappa shape index (κ3) is 4.25. The summed E-state index contributed by atoms with van der Waals surface area (Å²) in [5.41, 5.74) is 0.775. The van der Waals surface area contributed by atoms with Crippen LogP contribution < -0.4 is 10.6 Å². The quantitative estimate of drug-likeness (QED) is 0.651. The van der Waals surface area contributed by atoms with E-state index in [1.165, 1.54) is 11.3 Å². The minimum Gasteiger partial charge on any atom is -0.379 e. The fourth-order valence-electron chi connectivity index (χ4n) is 2.77. The van der Waals surface area contributed by atoms with Gasteiger partial charge in [-0.2, -0.15) is 0 Å². The molecule has 0 aliphatic carbocycles. The van der Waals surface area contributed by atoms with Gasteiger partial charge >= 0.3 is 0 Å². The van der Waals surface area contributed by atoms with E-state index in [-0.39, 0.29) is 11.1 Å². The summed E-state index contributed by atoms with van der Waals surface area (Å²) in [4.78, 5) is 11.9. The molecule has 3 heterocycles. The molecular weight excluding hydrogens is 357 g/mol. The molecule has 0 spiro atoms. The average molecular weight is 383 g/mol. The number of H-pyrrole nitrogens is 1. The lowest BCUT2D eigenvalue weighted by molar-refractivity contribution is 0.152. The Hall–Kier alpha value is -1.37. The van der Waals surface area contributed by atoms with Crippen LogP contribution in [0.4, 0.5) is 10.9 Å². The van der Waals surface area contributed by atoms with Gasteiger partial charge in [-0.25, -0.2) is 9.97 Å². The summed E-state index contributed by atoms with van der Waals surface area (Å²) in [5, 5.41) is 8.15. The van der Waals surface area contributed by atoms with E-state index in [4.69, 9.17) is 4.52 Å². The minimum atomic E-state index is -2.84. The van der Waals surface area contributed by atoms with Crippen LogP contribution in [0, 0.1) is 12.3 Å². The molecule has 1 fully saturated rings. The first-order valence-electron chi connectivity index (χ1n) is 8.44. The molecule has 2 atom stereocenters. The van der Waals surface area contributed by atoms with Gasteiger partial charge in [0.15, 0.2) is 5.95 Å². The van der Waals surface area contributed by atoms with Crippen LogP contribution in [0.25, 0.3) is 0 Å². The van der Waals surface area contributed by atoms with Gasteiger partial charge in [0, 0.05) is 31.6 Å². The van der Waals surface area contributed by atoms with E-state index >= 15 is 0 Å². The van der Waals surface area contributed by atoms with E-state index in [0.717, 1.165) is 22.1 Å². The second kappa shape index (κ2) is 7.09. The predicted molar refractivity (Wildman–Crippen MR) is 103 cm³/mol. The van der Waals surface area contributed by atoms with Crippen LogP contribution in [0.2, 0.25) is 0 Å². The Kier molecular flexibility index (Phi) is 5.23. The molecule has 7 nitrogen and oxygen atoms in total. The monoisotopic (exact) mass is 383 g/mol. The topological polar surface area (TPSA) is 91.9 Å². The van der Waals surface area contributed by atoms with Crippen LogP contribution in [0.15, 0.2) is 12.4 Å². The number of nitrogens with zero attached hydrogens (tertiary/aromatic N) is 2. The van der Waals surface area contributed by atoms with Gasteiger partial charge in [-0.15, -0.1) is 11.3 Å². The van der Waals surface area contributed by atoms with Gasteiger partial charge in [0.1, 0.15) is 15.7 Å². The zero-order valence-electron chi connectivity index (χ0n) is 15.1. The molecule has 3 rings (SSSR count). The predicted octanol–water partition coefficient (Wildman–Crippen LogP) is 4.09. The van der Waals surface area contributed by atoms with Crippen molar-refractivity contribution in [2.75, 3.05) is 37.0 Å². The van der Waals surface area contributed by atoms with Gasteiger partial charge in [0.05, 0.1) is 12.8 Å². The van der Waals surface area contributed by atoms with Gasteiger partial charge in [0.2, 0.25) is 7.37 Å². The fourth-order valence-corrected chi connectivity index (χ4v) is 7.05. The first-order chi connectivity index (χ1) is 11.8. The molecule has 25 heavy (non-hydrogen) atoms. The number of aryl methyl sites for hydroxylation is 1. The van der Waals surface area contributed by atoms with Crippen LogP contribution in [-0.4, -0.2) is 41.3 Å². The summed E-state index contributed by atoms with van der Waals surface area (Å²) in [5.74, 6) is 0.678. The van der Waals surface area contributed by atoms with Crippen molar-refractivity contribution in [3.63, 3.8) is 0 Å². The molecule has 1 aliphatic heterocycles. The van der Waals surface area contributed by atoms with Crippen molar-refractivity contribution < 1.29 is 9.09 Å². The Morgan fingerprint density at radius 2 is 2.24 bits per heavy atom. The molecule has 2 aromatic heterocycles. The summed E-state index contributed by atoms with van der Waals surface area (Å²) < 4.78 is 19.6. The average Bonchev–Trinajstić information content (AvgIpc) is 3.20. The van der Waals surface area contributed by atoms with Crippen LogP contribution in [0.1, 0.15) is 36.6 Å². The molecule has 0 aromatic carbocycles. The van der Waals surface area contributed by atoms with Crippen LogP contribution in [0.3, 0.4) is 0 Å². The molecule has 9 heteroatoms. The number of aromatic amines is 1. The van der Waals surface area contributed by atoms with Crippen molar-refractivity contribution in [2.24, 2.45) is 5.41 Å². The first kappa shape index (κ1) is 18.4. The van der Waals surface area contributed by atoms with Gasteiger partial charge in [-0.05, 0) is 18.8 Å². The molecule has 1 saturated heterocycles. The van der Waals surface area contributed by atoms with Gasteiger partial charge < -0.3 is 20.1 Å². The van der Waals surface area contributed by atoms with Gasteiger partial charge in [0.25, 0.3) is 0 Å². The van der Waals surface area contributed by atoms with Crippen molar-refractivity contribution >= 4 is 29.7 Å². The molecule has 138 valence electrons. The lowest BCUT2D eigenvalue weighted by Gasteiger charge is -2.37. The number of thiazole rings is 1. The van der Waals surface area contributed by atoms with E-state index in [1.54, 1.807) is 12.4 Å². The van der Waals surface area contributed by atoms with E-state index < -0.39 is 7.37 Å². The summed E-state index contributed by atoms with van der Waals surface area (Å²) in [6, 6.07) is 0. The molecule has 2 unspecified atom stereocenters. The second-order valence-corrected chi connectivity index (χ2v) is 11.1. The Morgan fingerprint density at radius 3 is 2.80 bits per heavy atom. The maximum Gasteiger partial charge on any atom is 0.214 e. The highest BCUT2D eigenvalue weighted by molar-refractivity contribution is 7.59. The van der Waals surface area contributed by atoms with Crippen molar-refractivity contribution in [3.05, 3.63) is 23.1 Å². The molecule has 3 N–H and O–H groups in total. The van der Waals surface area contributed by atoms with E-state index in [2.05, 4.69) is 39.4 Å². The Morgan fingerprint density at radius 1 is 1.44 bits per heavy atom. The zero-order chi connectivity index (χ0) is 18.1. The van der Waals surface area contributed by atoms with E-state index in [1.807, 2.05) is 14.0 Å². The molecule has 1 aliphatic rings. The number of rotatable bonds is 6. The molecule has 0 bridgehead atoms. The smallest absolute Gasteiger partial charge is 0.214 e. The Bertz CT molecular complexity index is 758. The number of hydrogen-bond acceptors (Lipinski definition) is 7. The number of nitrogens with one attached hydrogen (secondary N) is 3. The van der Waals surface area contributed by atoms with Crippen molar-refractivity contribution in [3.8, 4) is 0 Å². The third-order valence-corrected chi connectivity index (χ3v) is 8.56. The standard InChI is InChI=1S/C16H26N5O2PS/c1-11-7-19-15(21-11)20-8-12(14-18-9-13(17-4)25-14)24(22)6-5-16(2,3)10-23-24/h7,9,12,17H,5-6,8,10H2,1-4H3,(H2,19,20,21). The lowest BCUT2D eigenvalue weighted by Crippen LogP contribution is -2.28. The van der Waals surface area contributed by atoms with E-state index in [9.17, 15) is 4.57 Å². The van der Waals surface area contributed by atoms with Crippen LogP contribution in [-0.2, 0) is 9.09 Å². The minimum absolute atomic E-state index is 0.0724. The SMILES string of the molecule is CNc1cnc(C(CNc2ncc(C)[nH]2)P2(=O)CCC(C)(C)CO2)s1. The first-order valence-corrected chi connectivity index (χ1v) is 11.1. The maximum atomic E-state index is 13.6. The largest absolute Gasteiger partial charge is 0.379 e.